The van der Waals surface area contributed by atoms with Crippen molar-refractivity contribution in [2.24, 2.45) is 0 Å². The van der Waals surface area contributed by atoms with Crippen molar-refractivity contribution >= 4 is 5.91 Å². The summed E-state index contributed by atoms with van der Waals surface area (Å²) in [6, 6.07) is 12.3. The molecule has 3 rings (SSSR count). The maximum absolute atomic E-state index is 12.5. The first kappa shape index (κ1) is 18.6. The number of nitrogens with one attached hydrogen (secondary N) is 2. The van der Waals surface area contributed by atoms with Gasteiger partial charge in [0, 0.05) is 12.1 Å². The number of aryl methyl sites for hydroxylation is 1. The first-order chi connectivity index (χ1) is 13.0. The van der Waals surface area contributed by atoms with Crippen LogP contribution in [0.4, 0.5) is 0 Å². The Morgan fingerprint density at radius 3 is 2.63 bits per heavy atom. The van der Waals surface area contributed by atoms with Crippen LogP contribution in [0.5, 0.6) is 0 Å². The molecule has 3 aromatic rings. The molecular weight excluding hydrogens is 344 g/mol. The zero-order valence-corrected chi connectivity index (χ0v) is 15.5. The third-order valence-corrected chi connectivity index (χ3v) is 4.34. The number of aromatic nitrogens is 2. The summed E-state index contributed by atoms with van der Waals surface area (Å²) in [5.74, 6) is 0.614. The van der Waals surface area contributed by atoms with Gasteiger partial charge in [0.25, 0.3) is 11.5 Å². The van der Waals surface area contributed by atoms with E-state index >= 15 is 0 Å². The number of likely N-dealkylation sites (N-methyl/N-ethyl adjacent to an activating group) is 1. The minimum absolute atomic E-state index is 0.0541. The van der Waals surface area contributed by atoms with Crippen molar-refractivity contribution in [3.8, 4) is 11.1 Å². The second-order valence-corrected chi connectivity index (χ2v) is 6.53. The average Bonchev–Trinajstić information content (AvgIpc) is 3.18. The van der Waals surface area contributed by atoms with E-state index in [4.69, 9.17) is 4.42 Å². The molecule has 2 aromatic heterocycles. The lowest BCUT2D eigenvalue weighted by Crippen LogP contribution is -2.34. The van der Waals surface area contributed by atoms with Gasteiger partial charge in [-0.05, 0) is 56.9 Å². The Morgan fingerprint density at radius 2 is 2.00 bits per heavy atom. The molecule has 0 saturated heterocycles. The smallest absolute Gasteiger partial charge is 0.272 e. The van der Waals surface area contributed by atoms with Gasteiger partial charge in [-0.25, -0.2) is 5.10 Å². The van der Waals surface area contributed by atoms with Crippen LogP contribution in [0.1, 0.15) is 27.9 Å². The molecule has 1 aromatic carbocycles. The molecule has 2 N–H and O–H groups in total. The van der Waals surface area contributed by atoms with Gasteiger partial charge >= 0.3 is 0 Å². The van der Waals surface area contributed by atoms with E-state index in [1.54, 1.807) is 43.5 Å². The highest BCUT2D eigenvalue weighted by Gasteiger charge is 2.18. The molecule has 0 radical (unpaired) electrons. The van der Waals surface area contributed by atoms with Crippen molar-refractivity contribution in [1.82, 2.24) is 20.4 Å². The summed E-state index contributed by atoms with van der Waals surface area (Å²) in [7, 11) is 3.87. The Labute approximate surface area is 157 Å². The third-order valence-electron chi connectivity index (χ3n) is 4.34. The van der Waals surface area contributed by atoms with E-state index in [9.17, 15) is 9.59 Å². The van der Waals surface area contributed by atoms with Crippen molar-refractivity contribution in [3.05, 3.63) is 76.1 Å². The van der Waals surface area contributed by atoms with E-state index in [1.807, 2.05) is 31.1 Å². The molecule has 0 bridgehead atoms. The topological polar surface area (TPSA) is 91.2 Å². The van der Waals surface area contributed by atoms with Crippen molar-refractivity contribution < 1.29 is 9.21 Å². The molecule has 27 heavy (non-hydrogen) atoms. The molecular formula is C20H22N4O3. The van der Waals surface area contributed by atoms with Crippen molar-refractivity contribution in [2.45, 2.75) is 13.0 Å². The number of benzene rings is 1. The highest BCUT2D eigenvalue weighted by molar-refractivity contribution is 5.94. The highest BCUT2D eigenvalue weighted by atomic mass is 16.3. The SMILES string of the molecule is Cc1cc(-c2ccc(C(=O)NCC(c3ccco3)N(C)C)cc2)c(=O)[nH]n1. The summed E-state index contributed by atoms with van der Waals surface area (Å²) in [4.78, 5) is 26.4. The van der Waals surface area contributed by atoms with Crippen LogP contribution in [-0.4, -0.2) is 41.6 Å². The zero-order chi connectivity index (χ0) is 19.4. The minimum atomic E-state index is -0.259. The maximum atomic E-state index is 12.5. The summed E-state index contributed by atoms with van der Waals surface area (Å²) < 4.78 is 5.45. The van der Waals surface area contributed by atoms with Crippen molar-refractivity contribution in [2.75, 3.05) is 20.6 Å². The van der Waals surface area contributed by atoms with E-state index in [2.05, 4.69) is 15.5 Å². The lowest BCUT2D eigenvalue weighted by Gasteiger charge is -2.22. The van der Waals surface area contributed by atoms with Gasteiger partial charge in [-0.3, -0.25) is 14.5 Å². The molecule has 1 atom stereocenters. The molecule has 0 aliphatic heterocycles. The molecule has 0 aliphatic carbocycles. The van der Waals surface area contributed by atoms with Crippen LogP contribution in [-0.2, 0) is 0 Å². The molecule has 7 nitrogen and oxygen atoms in total. The molecule has 1 amide bonds. The number of aromatic amines is 1. The molecule has 1 unspecified atom stereocenters. The van der Waals surface area contributed by atoms with Crippen molar-refractivity contribution in [3.63, 3.8) is 0 Å². The fourth-order valence-electron chi connectivity index (χ4n) is 2.83. The van der Waals surface area contributed by atoms with E-state index in [1.165, 1.54) is 0 Å². The maximum Gasteiger partial charge on any atom is 0.272 e. The number of H-pyrrole nitrogens is 1. The zero-order valence-electron chi connectivity index (χ0n) is 15.5. The number of amides is 1. The molecule has 0 spiro atoms. The van der Waals surface area contributed by atoms with Gasteiger partial charge in [0.1, 0.15) is 5.76 Å². The summed E-state index contributed by atoms with van der Waals surface area (Å²) in [6.45, 7) is 2.23. The highest BCUT2D eigenvalue weighted by Crippen LogP contribution is 2.19. The van der Waals surface area contributed by atoms with Gasteiger partial charge in [0.2, 0.25) is 0 Å². The first-order valence-electron chi connectivity index (χ1n) is 8.60. The van der Waals surface area contributed by atoms with Crippen LogP contribution in [0.2, 0.25) is 0 Å². The van der Waals surface area contributed by atoms with E-state index in [-0.39, 0.29) is 17.5 Å². The lowest BCUT2D eigenvalue weighted by atomic mass is 10.0. The summed E-state index contributed by atoms with van der Waals surface area (Å²) in [5.41, 5.74) is 2.25. The second-order valence-electron chi connectivity index (χ2n) is 6.53. The van der Waals surface area contributed by atoms with Crippen LogP contribution in [0, 0.1) is 6.92 Å². The van der Waals surface area contributed by atoms with Crippen LogP contribution >= 0.6 is 0 Å². The largest absolute Gasteiger partial charge is 0.468 e. The Hall–Kier alpha value is -3.19. The predicted octanol–water partition coefficient (Wildman–Crippen LogP) is 2.37. The molecule has 0 fully saturated rings. The number of nitrogens with zero attached hydrogens (tertiary/aromatic N) is 2. The van der Waals surface area contributed by atoms with Gasteiger partial charge in [-0.2, -0.15) is 5.10 Å². The molecule has 0 saturated carbocycles. The van der Waals surface area contributed by atoms with Gasteiger partial charge in [0.05, 0.1) is 23.6 Å². The van der Waals surface area contributed by atoms with Crippen LogP contribution in [0.3, 0.4) is 0 Å². The van der Waals surface area contributed by atoms with E-state index in [0.29, 0.717) is 17.7 Å². The van der Waals surface area contributed by atoms with E-state index < -0.39 is 0 Å². The van der Waals surface area contributed by atoms with Gasteiger partial charge in [-0.15, -0.1) is 0 Å². The van der Waals surface area contributed by atoms with Gasteiger partial charge in [0.15, 0.2) is 0 Å². The summed E-state index contributed by atoms with van der Waals surface area (Å²) in [5, 5.41) is 9.27. The Morgan fingerprint density at radius 1 is 1.26 bits per heavy atom. The minimum Gasteiger partial charge on any atom is -0.468 e. The predicted molar refractivity (Wildman–Crippen MR) is 102 cm³/mol. The number of rotatable bonds is 6. The number of carbonyl (C=O) groups is 1. The number of carbonyl (C=O) groups excluding carboxylic acids is 1. The fourth-order valence-corrected chi connectivity index (χ4v) is 2.83. The number of hydrogen-bond donors (Lipinski definition) is 2. The Balaban J connectivity index is 1.70. The van der Waals surface area contributed by atoms with Crippen LogP contribution < -0.4 is 10.9 Å². The first-order valence-corrected chi connectivity index (χ1v) is 8.60. The van der Waals surface area contributed by atoms with Crippen molar-refractivity contribution in [1.29, 1.82) is 0 Å². The number of hydrogen-bond acceptors (Lipinski definition) is 5. The molecule has 2 heterocycles. The molecule has 140 valence electrons. The quantitative estimate of drug-likeness (QED) is 0.699. The standard InChI is InChI=1S/C20H22N4O3/c1-13-11-16(20(26)23-22-13)14-6-8-15(9-7-14)19(25)21-12-17(24(2)3)18-5-4-10-27-18/h4-11,17H,12H2,1-3H3,(H,21,25)(H,23,26). The van der Waals surface area contributed by atoms with E-state index in [0.717, 1.165) is 17.0 Å². The van der Waals surface area contributed by atoms with Crippen LogP contribution in [0.25, 0.3) is 11.1 Å². The third kappa shape index (κ3) is 4.32. The van der Waals surface area contributed by atoms with Gasteiger partial charge in [-0.1, -0.05) is 12.1 Å². The molecule has 7 heteroatoms. The second kappa shape index (κ2) is 8.01. The molecule has 0 aliphatic rings. The number of furan rings is 1. The van der Waals surface area contributed by atoms with Gasteiger partial charge < -0.3 is 9.73 Å². The van der Waals surface area contributed by atoms with Crippen LogP contribution in [0.15, 0.2) is 57.9 Å². The Kier molecular flexibility index (Phi) is 5.52. The summed E-state index contributed by atoms with van der Waals surface area (Å²) >= 11 is 0. The Bertz CT molecular complexity index is 960. The normalized spacial score (nSPS) is 12.1. The lowest BCUT2D eigenvalue weighted by molar-refractivity contribution is 0.0939. The summed E-state index contributed by atoms with van der Waals surface area (Å²) in [6.07, 6.45) is 1.62. The average molecular weight is 366 g/mol. The monoisotopic (exact) mass is 366 g/mol. The fraction of sp³-hybridized carbons (Fsp3) is 0.250.